The van der Waals surface area contributed by atoms with E-state index in [9.17, 15) is 26.7 Å². The van der Waals surface area contributed by atoms with Crippen molar-refractivity contribution in [3.8, 4) is 0 Å². The van der Waals surface area contributed by atoms with Crippen LogP contribution in [0.4, 0.5) is 33.3 Å². The van der Waals surface area contributed by atoms with E-state index >= 15 is 0 Å². The van der Waals surface area contributed by atoms with Crippen LogP contribution in [0.5, 0.6) is 0 Å². The topological polar surface area (TPSA) is 23.6 Å². The number of hydrogen-bond donors (Lipinski definition) is 0. The Balaban J connectivity index is 2.22. The number of hydrogen-bond acceptors (Lipinski definition) is 3. The van der Waals surface area contributed by atoms with Crippen LogP contribution in [0.25, 0.3) is 0 Å². The summed E-state index contributed by atoms with van der Waals surface area (Å²) in [4.78, 5) is 17.4. The highest BCUT2D eigenvalue weighted by atomic mass is 19.4. The Labute approximate surface area is 236 Å². The van der Waals surface area contributed by atoms with Crippen molar-refractivity contribution in [2.75, 3.05) is 36.0 Å². The van der Waals surface area contributed by atoms with Crippen molar-refractivity contribution in [1.29, 1.82) is 0 Å². The lowest BCUT2D eigenvalue weighted by Crippen LogP contribution is -2.31. The van der Waals surface area contributed by atoms with Gasteiger partial charge in [-0.1, -0.05) is 34.6 Å². The normalized spacial score (nSPS) is 12.3. The van der Waals surface area contributed by atoms with Crippen LogP contribution < -0.4 is 9.80 Å². The molecule has 0 aliphatic carbocycles. The quantitative estimate of drug-likeness (QED) is 0.149. The molecule has 0 N–H and O–H groups in total. The first-order chi connectivity index (χ1) is 18.6. The zero-order valence-corrected chi connectivity index (χ0v) is 24.8. The van der Waals surface area contributed by atoms with E-state index in [-0.39, 0.29) is 44.6 Å². The van der Waals surface area contributed by atoms with Crippen LogP contribution in [0.1, 0.15) is 88.2 Å². The second-order valence-electron chi connectivity index (χ2n) is 11.6. The molecule has 0 aliphatic heterocycles. The summed E-state index contributed by atoms with van der Waals surface area (Å²) in [6, 6.07) is 12.7. The van der Waals surface area contributed by atoms with E-state index in [1.165, 1.54) is 6.92 Å². The van der Waals surface area contributed by atoms with Crippen molar-refractivity contribution < 1.29 is 26.7 Å². The number of anilines is 2. The van der Waals surface area contributed by atoms with E-state index in [0.29, 0.717) is 34.2 Å². The molecule has 0 saturated carbocycles. The minimum absolute atomic E-state index is 0.0919. The number of alkyl halides is 5. The van der Waals surface area contributed by atoms with Crippen LogP contribution in [0.3, 0.4) is 0 Å². The fourth-order valence-electron chi connectivity index (χ4n) is 4.79. The third-order valence-electron chi connectivity index (χ3n) is 6.86. The summed E-state index contributed by atoms with van der Waals surface area (Å²) in [5.41, 5.74) is 3.44. The molecule has 0 aliphatic rings. The minimum Gasteiger partial charge on any atom is -0.372 e. The maximum absolute atomic E-state index is 13.8. The molecular formula is C32H45F5N2O. The number of ketones is 1. The van der Waals surface area contributed by atoms with Crippen molar-refractivity contribution in [3.63, 3.8) is 0 Å². The van der Waals surface area contributed by atoms with Gasteiger partial charge < -0.3 is 9.80 Å². The minimum atomic E-state index is -4.27. The van der Waals surface area contributed by atoms with E-state index in [0.717, 1.165) is 18.8 Å². The van der Waals surface area contributed by atoms with Gasteiger partial charge in [0.05, 0.1) is 0 Å². The van der Waals surface area contributed by atoms with Crippen LogP contribution in [0.15, 0.2) is 42.5 Å². The van der Waals surface area contributed by atoms with Crippen LogP contribution in [0.2, 0.25) is 0 Å². The molecule has 0 fully saturated rings. The molecule has 0 heterocycles. The van der Waals surface area contributed by atoms with Crippen molar-refractivity contribution in [2.45, 2.75) is 85.7 Å². The van der Waals surface area contributed by atoms with Gasteiger partial charge in [0.15, 0.2) is 5.78 Å². The molecule has 0 amide bonds. The molecule has 0 bridgehead atoms. The molecule has 2 rings (SSSR count). The number of carbonyl (C=O) groups is 1. The van der Waals surface area contributed by atoms with Gasteiger partial charge in [0.1, 0.15) is 0 Å². The number of rotatable bonds is 16. The van der Waals surface area contributed by atoms with E-state index in [1.807, 2.05) is 24.3 Å². The first-order valence-corrected chi connectivity index (χ1v) is 14.3. The summed E-state index contributed by atoms with van der Waals surface area (Å²) in [7, 11) is 0. The number of nitrogens with zero attached hydrogens (tertiary/aromatic N) is 2. The van der Waals surface area contributed by atoms with Gasteiger partial charge in [0.25, 0.3) is 0 Å². The molecule has 0 aromatic heterocycles. The first-order valence-electron chi connectivity index (χ1n) is 14.3. The highest BCUT2D eigenvalue weighted by Crippen LogP contribution is 2.28. The number of halogens is 5. The Morgan fingerprint density at radius 1 is 0.775 bits per heavy atom. The average Bonchev–Trinajstić information content (AvgIpc) is 2.86. The largest absolute Gasteiger partial charge is 0.389 e. The molecule has 2 aromatic rings. The average molecular weight is 569 g/mol. The van der Waals surface area contributed by atoms with Gasteiger partial charge in [-0.3, -0.25) is 4.79 Å². The van der Waals surface area contributed by atoms with Gasteiger partial charge in [0.2, 0.25) is 5.92 Å². The zero-order valence-electron chi connectivity index (χ0n) is 24.8. The Morgan fingerprint density at radius 2 is 1.30 bits per heavy atom. The van der Waals surface area contributed by atoms with Gasteiger partial charge in [0, 0.05) is 67.9 Å². The molecule has 0 atom stereocenters. The Morgan fingerprint density at radius 3 is 1.77 bits per heavy atom. The number of carbonyl (C=O) groups excluding carboxylic acids is 1. The highest BCUT2D eigenvalue weighted by molar-refractivity contribution is 6.10. The predicted molar refractivity (Wildman–Crippen MR) is 155 cm³/mol. The van der Waals surface area contributed by atoms with Crippen LogP contribution in [0, 0.1) is 18.8 Å². The lowest BCUT2D eigenvalue weighted by atomic mass is 9.97. The monoisotopic (exact) mass is 568 g/mol. The summed E-state index contributed by atoms with van der Waals surface area (Å²) in [6.45, 7) is 14.1. The summed E-state index contributed by atoms with van der Waals surface area (Å²) < 4.78 is 65.8. The molecule has 2 aromatic carbocycles. The second-order valence-corrected chi connectivity index (χ2v) is 11.6. The number of aryl methyl sites for hydroxylation is 1. The summed E-state index contributed by atoms with van der Waals surface area (Å²) in [5.74, 6) is -1.93. The van der Waals surface area contributed by atoms with Crippen LogP contribution >= 0.6 is 0 Å². The van der Waals surface area contributed by atoms with Crippen molar-refractivity contribution in [1.82, 2.24) is 0 Å². The molecule has 0 unspecified atom stereocenters. The molecular weight excluding hydrogens is 523 g/mol. The van der Waals surface area contributed by atoms with Crippen molar-refractivity contribution in [3.05, 3.63) is 59.2 Å². The maximum Gasteiger partial charge on any atom is 0.389 e. The summed E-state index contributed by atoms with van der Waals surface area (Å²) in [6.07, 6.45) is -5.79. The highest BCUT2D eigenvalue weighted by Gasteiger charge is 2.28. The van der Waals surface area contributed by atoms with Crippen molar-refractivity contribution >= 4 is 17.2 Å². The molecule has 40 heavy (non-hydrogen) atoms. The van der Waals surface area contributed by atoms with Gasteiger partial charge in [-0.15, -0.1) is 0 Å². The Bertz CT molecular complexity index is 1050. The summed E-state index contributed by atoms with van der Waals surface area (Å²) in [5, 5.41) is 0. The van der Waals surface area contributed by atoms with Crippen LogP contribution in [-0.4, -0.2) is 44.1 Å². The van der Waals surface area contributed by atoms with E-state index < -0.39 is 18.5 Å². The van der Waals surface area contributed by atoms with Gasteiger partial charge in [-0.05, 0) is 79.6 Å². The second kappa shape index (κ2) is 14.8. The maximum atomic E-state index is 13.8. The van der Waals surface area contributed by atoms with Crippen LogP contribution in [-0.2, 0) is 0 Å². The Kier molecular flexibility index (Phi) is 12.4. The first kappa shape index (κ1) is 33.6. The lowest BCUT2D eigenvalue weighted by Gasteiger charge is -2.28. The summed E-state index contributed by atoms with van der Waals surface area (Å²) >= 11 is 0. The SMILES string of the molecule is CCC(F)(F)CCCN(CCCC(F)(F)F)c1ccc(C(=O)c2ccc(N(CC(C)C)CC(C)C)cc2)c(C)c1. The predicted octanol–water partition coefficient (Wildman–Crippen LogP) is 9.32. The number of benzene rings is 2. The van der Waals surface area contributed by atoms with E-state index in [1.54, 1.807) is 30.0 Å². The molecule has 224 valence electrons. The molecule has 0 spiro atoms. The third kappa shape index (κ3) is 11.1. The fourth-order valence-corrected chi connectivity index (χ4v) is 4.79. The zero-order chi connectivity index (χ0) is 30.1. The van der Waals surface area contributed by atoms with Gasteiger partial charge in [-0.2, -0.15) is 13.2 Å². The van der Waals surface area contributed by atoms with E-state index in [4.69, 9.17) is 0 Å². The standard InChI is InChI=1S/C32H45F5N2O/c1-7-31(33,34)16-8-18-38(19-9-17-32(35,36)37)28-14-15-29(25(6)20-28)30(40)26-10-12-27(13-11-26)39(21-23(2)3)22-24(4)5/h10-15,20,23-24H,7-9,16-19,21-22H2,1-6H3. The Hall–Kier alpha value is -2.64. The molecule has 0 radical (unpaired) electrons. The van der Waals surface area contributed by atoms with Crippen molar-refractivity contribution in [2.24, 2.45) is 11.8 Å². The molecule has 0 saturated heterocycles. The fraction of sp³-hybridized carbons (Fsp3) is 0.594. The van der Waals surface area contributed by atoms with Gasteiger partial charge in [-0.25, -0.2) is 8.78 Å². The molecule has 8 heteroatoms. The smallest absolute Gasteiger partial charge is 0.372 e. The van der Waals surface area contributed by atoms with Gasteiger partial charge >= 0.3 is 6.18 Å². The third-order valence-corrected chi connectivity index (χ3v) is 6.86. The van der Waals surface area contributed by atoms with E-state index in [2.05, 4.69) is 32.6 Å². The lowest BCUT2D eigenvalue weighted by molar-refractivity contribution is -0.135. The molecule has 3 nitrogen and oxygen atoms in total.